The molecule has 0 spiro atoms. The minimum Gasteiger partial charge on any atom is -0.493 e. The number of rotatable bonds is 8. The van der Waals surface area contributed by atoms with Crippen molar-refractivity contribution < 1.29 is 9.47 Å². The van der Waals surface area contributed by atoms with Crippen LogP contribution in [-0.2, 0) is 4.74 Å². The second-order valence-electron chi connectivity index (χ2n) is 3.49. The molecule has 0 bridgehead atoms. The Labute approximate surface area is 97.9 Å². The predicted octanol–water partition coefficient (Wildman–Crippen LogP) is 3.53. The average Bonchev–Trinajstić information content (AvgIpc) is 2.34. The summed E-state index contributed by atoms with van der Waals surface area (Å²) in [7, 11) is 0. The van der Waals surface area contributed by atoms with Gasteiger partial charge in [0.1, 0.15) is 5.75 Å². The fourth-order valence-corrected chi connectivity index (χ4v) is 1.41. The van der Waals surface area contributed by atoms with E-state index in [1.165, 1.54) is 0 Å². The van der Waals surface area contributed by atoms with Crippen molar-refractivity contribution in [2.45, 2.75) is 19.8 Å². The van der Waals surface area contributed by atoms with Crippen LogP contribution in [0.5, 0.6) is 5.75 Å². The Morgan fingerprint density at radius 2 is 1.94 bits per heavy atom. The van der Waals surface area contributed by atoms with Crippen molar-refractivity contribution in [3.63, 3.8) is 0 Å². The summed E-state index contributed by atoms with van der Waals surface area (Å²) in [6.45, 7) is 8.12. The fourth-order valence-electron chi connectivity index (χ4n) is 1.41. The molecular formula is C14H20O2. The maximum Gasteiger partial charge on any atom is 0.126 e. The van der Waals surface area contributed by atoms with Crippen LogP contribution >= 0.6 is 0 Å². The van der Waals surface area contributed by atoms with Crippen molar-refractivity contribution in [2.75, 3.05) is 19.8 Å². The van der Waals surface area contributed by atoms with Crippen molar-refractivity contribution in [3.05, 3.63) is 36.4 Å². The Morgan fingerprint density at radius 1 is 1.19 bits per heavy atom. The lowest BCUT2D eigenvalue weighted by atomic mass is 10.2. The minimum absolute atomic E-state index is 0.734. The number of ether oxygens (including phenoxy) is 2. The molecule has 0 aliphatic carbocycles. The van der Waals surface area contributed by atoms with Crippen LogP contribution in [-0.4, -0.2) is 19.8 Å². The van der Waals surface area contributed by atoms with Crippen LogP contribution in [0.3, 0.4) is 0 Å². The Morgan fingerprint density at radius 3 is 2.69 bits per heavy atom. The highest BCUT2D eigenvalue weighted by Crippen LogP contribution is 2.18. The molecule has 0 radical (unpaired) electrons. The van der Waals surface area contributed by atoms with Crippen LogP contribution < -0.4 is 4.74 Å². The first-order valence-corrected chi connectivity index (χ1v) is 5.80. The van der Waals surface area contributed by atoms with Gasteiger partial charge < -0.3 is 9.47 Å². The second-order valence-corrected chi connectivity index (χ2v) is 3.49. The summed E-state index contributed by atoms with van der Waals surface area (Å²) in [6.07, 6.45) is 3.88. The maximum atomic E-state index is 5.68. The molecular weight excluding hydrogens is 200 g/mol. The molecule has 0 atom stereocenters. The van der Waals surface area contributed by atoms with Gasteiger partial charge in [-0.15, -0.1) is 0 Å². The number of hydrogen-bond acceptors (Lipinski definition) is 2. The first-order valence-electron chi connectivity index (χ1n) is 5.80. The topological polar surface area (TPSA) is 18.5 Å². The van der Waals surface area contributed by atoms with Gasteiger partial charge in [0.2, 0.25) is 0 Å². The molecule has 0 saturated carbocycles. The third kappa shape index (κ3) is 4.49. The monoisotopic (exact) mass is 220 g/mol. The standard InChI is InChI=1S/C14H20O2/c1-3-13-9-5-6-10-14(13)16-12-8-7-11-15-4-2/h3,5-6,9-10H,1,4,7-8,11-12H2,2H3. The number of hydrogen-bond donors (Lipinski definition) is 0. The van der Waals surface area contributed by atoms with E-state index in [0.29, 0.717) is 0 Å². The van der Waals surface area contributed by atoms with Crippen LogP contribution in [0.25, 0.3) is 6.08 Å². The van der Waals surface area contributed by atoms with Gasteiger partial charge in [0, 0.05) is 18.8 Å². The summed E-state index contributed by atoms with van der Waals surface area (Å²) >= 11 is 0. The first kappa shape index (κ1) is 12.8. The van der Waals surface area contributed by atoms with Gasteiger partial charge in [0.05, 0.1) is 6.61 Å². The largest absolute Gasteiger partial charge is 0.493 e. The van der Waals surface area contributed by atoms with Crippen LogP contribution in [0.4, 0.5) is 0 Å². The lowest BCUT2D eigenvalue weighted by Crippen LogP contribution is -2.01. The molecule has 1 rings (SSSR count). The second kappa shape index (κ2) is 7.94. The molecule has 0 saturated heterocycles. The van der Waals surface area contributed by atoms with E-state index in [4.69, 9.17) is 9.47 Å². The summed E-state index contributed by atoms with van der Waals surface area (Å²) in [5, 5.41) is 0. The van der Waals surface area contributed by atoms with Gasteiger partial charge in [-0.1, -0.05) is 30.9 Å². The Bertz CT molecular complexity index is 307. The average molecular weight is 220 g/mol. The van der Waals surface area contributed by atoms with Crippen molar-refractivity contribution >= 4 is 6.08 Å². The highest BCUT2D eigenvalue weighted by atomic mass is 16.5. The van der Waals surface area contributed by atoms with E-state index in [0.717, 1.165) is 44.0 Å². The molecule has 0 fully saturated rings. The van der Waals surface area contributed by atoms with Crippen molar-refractivity contribution in [2.24, 2.45) is 0 Å². The van der Waals surface area contributed by atoms with E-state index in [9.17, 15) is 0 Å². The predicted molar refractivity (Wildman–Crippen MR) is 67.8 cm³/mol. The van der Waals surface area contributed by atoms with Gasteiger partial charge in [-0.3, -0.25) is 0 Å². The Balaban J connectivity index is 2.23. The lowest BCUT2D eigenvalue weighted by Gasteiger charge is -2.08. The zero-order chi connectivity index (χ0) is 11.6. The quantitative estimate of drug-likeness (QED) is 0.624. The van der Waals surface area contributed by atoms with E-state index in [2.05, 4.69) is 6.58 Å². The van der Waals surface area contributed by atoms with Gasteiger partial charge in [0.15, 0.2) is 0 Å². The normalized spacial score (nSPS) is 10.1. The molecule has 0 unspecified atom stereocenters. The summed E-state index contributed by atoms with van der Waals surface area (Å²) in [4.78, 5) is 0. The molecule has 1 aromatic carbocycles. The van der Waals surface area contributed by atoms with Crippen molar-refractivity contribution in [3.8, 4) is 5.75 Å². The van der Waals surface area contributed by atoms with Crippen LogP contribution in [0.15, 0.2) is 30.8 Å². The molecule has 0 heterocycles. The van der Waals surface area contributed by atoms with Crippen LogP contribution in [0.2, 0.25) is 0 Å². The zero-order valence-corrected chi connectivity index (χ0v) is 9.95. The molecule has 16 heavy (non-hydrogen) atoms. The molecule has 0 aromatic heterocycles. The van der Waals surface area contributed by atoms with E-state index in [-0.39, 0.29) is 0 Å². The third-order valence-corrected chi connectivity index (χ3v) is 2.28. The molecule has 0 aliphatic heterocycles. The van der Waals surface area contributed by atoms with Gasteiger partial charge in [-0.2, -0.15) is 0 Å². The van der Waals surface area contributed by atoms with E-state index >= 15 is 0 Å². The smallest absolute Gasteiger partial charge is 0.126 e. The Kier molecular flexibility index (Phi) is 6.35. The summed E-state index contributed by atoms with van der Waals surface area (Å²) in [5.41, 5.74) is 1.05. The highest BCUT2D eigenvalue weighted by Gasteiger charge is 1.98. The first-order chi connectivity index (χ1) is 7.88. The summed E-state index contributed by atoms with van der Waals surface area (Å²) < 4.78 is 10.9. The summed E-state index contributed by atoms with van der Waals surface area (Å²) in [5.74, 6) is 0.911. The van der Waals surface area contributed by atoms with E-state index in [1.807, 2.05) is 37.3 Å². The van der Waals surface area contributed by atoms with Crippen molar-refractivity contribution in [1.29, 1.82) is 0 Å². The summed E-state index contributed by atoms with van der Waals surface area (Å²) in [6, 6.07) is 7.93. The minimum atomic E-state index is 0.734. The molecule has 2 nitrogen and oxygen atoms in total. The number of benzene rings is 1. The van der Waals surface area contributed by atoms with E-state index < -0.39 is 0 Å². The van der Waals surface area contributed by atoms with Gasteiger partial charge in [0.25, 0.3) is 0 Å². The number of para-hydroxylation sites is 1. The van der Waals surface area contributed by atoms with Gasteiger partial charge >= 0.3 is 0 Å². The van der Waals surface area contributed by atoms with Crippen molar-refractivity contribution in [1.82, 2.24) is 0 Å². The zero-order valence-electron chi connectivity index (χ0n) is 9.95. The lowest BCUT2D eigenvalue weighted by molar-refractivity contribution is 0.138. The third-order valence-electron chi connectivity index (χ3n) is 2.28. The van der Waals surface area contributed by atoms with Crippen LogP contribution in [0, 0.1) is 0 Å². The molecule has 0 N–H and O–H groups in total. The fraction of sp³-hybridized carbons (Fsp3) is 0.429. The highest BCUT2D eigenvalue weighted by molar-refractivity contribution is 5.55. The van der Waals surface area contributed by atoms with Gasteiger partial charge in [-0.25, -0.2) is 0 Å². The molecule has 0 aliphatic rings. The molecule has 2 heteroatoms. The van der Waals surface area contributed by atoms with Gasteiger partial charge in [-0.05, 0) is 25.8 Å². The molecule has 0 amide bonds. The number of unbranched alkanes of at least 4 members (excludes halogenated alkanes) is 1. The molecule has 1 aromatic rings. The molecule has 88 valence electrons. The Hall–Kier alpha value is -1.28. The SMILES string of the molecule is C=Cc1ccccc1OCCCCOCC. The maximum absolute atomic E-state index is 5.68. The van der Waals surface area contributed by atoms with Crippen LogP contribution in [0.1, 0.15) is 25.3 Å². The van der Waals surface area contributed by atoms with E-state index in [1.54, 1.807) is 0 Å².